The molecule has 0 aliphatic heterocycles. The van der Waals surface area contributed by atoms with E-state index in [4.69, 9.17) is 0 Å². The average molecular weight is 501 g/mol. The number of hydrogen-bond acceptors (Lipinski definition) is 0. The monoisotopic (exact) mass is 498 g/mol. The van der Waals surface area contributed by atoms with E-state index in [1.807, 2.05) is 0 Å². The maximum atomic E-state index is 2.57. The first kappa shape index (κ1) is 21.6. The fourth-order valence-corrected chi connectivity index (χ4v) is 9.05. The Morgan fingerprint density at radius 3 is 1.28 bits per heavy atom. The van der Waals surface area contributed by atoms with Gasteiger partial charge in [-0.3, -0.25) is 0 Å². The van der Waals surface area contributed by atoms with Crippen molar-refractivity contribution in [2.75, 3.05) is 0 Å². The molecule has 3 heteroatoms. The normalized spacial score (nSPS) is 18.1. The molecule has 0 unspecified atom stereocenters. The Morgan fingerprint density at radius 2 is 0.862 bits per heavy atom. The van der Waals surface area contributed by atoms with Crippen LogP contribution in [0.15, 0.2) is 30.8 Å². The topological polar surface area (TPSA) is 0 Å². The number of aryl methyl sites for hydroxylation is 4. The van der Waals surface area contributed by atoms with Crippen LogP contribution >= 0.6 is 0 Å². The van der Waals surface area contributed by atoms with Gasteiger partial charge in [-0.2, -0.15) is 0 Å². The SMILES string of the molecule is C1=[C]([Zr+2][C]2=Cc3cc4c(cc3C2)CCCC4)Cc2cc3c(cc21)CCCC3.[Cl-].[Cl-]. The third-order valence-corrected chi connectivity index (χ3v) is 10.1. The van der Waals surface area contributed by atoms with Crippen LogP contribution in [0.25, 0.3) is 12.2 Å². The van der Waals surface area contributed by atoms with Crippen LogP contribution in [0, 0.1) is 0 Å². The zero-order valence-corrected chi connectivity index (χ0v) is 20.8. The van der Waals surface area contributed by atoms with Gasteiger partial charge in [0.15, 0.2) is 0 Å². The summed E-state index contributed by atoms with van der Waals surface area (Å²) >= 11 is -0.609. The van der Waals surface area contributed by atoms with E-state index in [1.54, 1.807) is 51.1 Å². The van der Waals surface area contributed by atoms with Gasteiger partial charge in [-0.15, -0.1) is 0 Å². The minimum atomic E-state index is -0.609. The van der Waals surface area contributed by atoms with Crippen LogP contribution in [0.5, 0.6) is 0 Å². The first-order valence-corrected chi connectivity index (χ1v) is 13.3. The summed E-state index contributed by atoms with van der Waals surface area (Å²) in [7, 11) is 0. The van der Waals surface area contributed by atoms with Crippen LogP contribution in [0.2, 0.25) is 0 Å². The number of rotatable bonds is 2. The fraction of sp³-hybridized carbons (Fsp3) is 0.385. The summed E-state index contributed by atoms with van der Waals surface area (Å²) in [6, 6.07) is 10.2. The molecular weight excluding hydrogens is 474 g/mol. The van der Waals surface area contributed by atoms with Crippen LogP contribution in [0.3, 0.4) is 0 Å². The average Bonchev–Trinajstić information content (AvgIpc) is 3.25. The van der Waals surface area contributed by atoms with E-state index in [2.05, 4.69) is 36.4 Å². The van der Waals surface area contributed by atoms with E-state index in [9.17, 15) is 0 Å². The van der Waals surface area contributed by atoms with Crippen molar-refractivity contribution in [1.29, 1.82) is 0 Å². The first-order valence-electron chi connectivity index (χ1n) is 10.8. The van der Waals surface area contributed by atoms with Gasteiger partial charge in [0.05, 0.1) is 0 Å². The molecule has 0 bridgehead atoms. The Morgan fingerprint density at radius 1 is 0.483 bits per heavy atom. The van der Waals surface area contributed by atoms with Gasteiger partial charge in [0.2, 0.25) is 0 Å². The third kappa shape index (κ3) is 4.13. The molecular formula is C26H26Cl2Zr. The van der Waals surface area contributed by atoms with Crippen LogP contribution in [-0.4, -0.2) is 0 Å². The third-order valence-electron chi connectivity index (χ3n) is 6.95. The molecule has 0 saturated heterocycles. The van der Waals surface area contributed by atoms with Crippen LogP contribution < -0.4 is 24.8 Å². The molecule has 0 atom stereocenters. The summed E-state index contributed by atoms with van der Waals surface area (Å²) in [4.78, 5) is 0. The molecule has 0 saturated carbocycles. The van der Waals surface area contributed by atoms with E-state index in [1.165, 1.54) is 64.2 Å². The predicted octanol–water partition coefficient (Wildman–Crippen LogP) is 0.0289. The molecule has 0 spiro atoms. The zero-order valence-electron chi connectivity index (χ0n) is 16.8. The number of fused-ring (bicyclic) bond motifs is 4. The Labute approximate surface area is 198 Å². The Bertz CT molecular complexity index is 934. The summed E-state index contributed by atoms with van der Waals surface area (Å²) in [5.74, 6) is 0. The quantitative estimate of drug-likeness (QED) is 0.546. The van der Waals surface area contributed by atoms with Crippen molar-refractivity contribution in [3.05, 3.63) is 75.3 Å². The number of benzene rings is 2. The van der Waals surface area contributed by atoms with Crippen molar-refractivity contribution in [3.63, 3.8) is 0 Å². The van der Waals surface area contributed by atoms with E-state index in [0.29, 0.717) is 0 Å². The standard InChI is InChI=1S/2C13H13.2ClH.Zr/c2*1-2-5-11-9-13-7-3-6-12(13)8-10(11)4-1;;;/h2*6,8-9H,1-2,4-5,7H2;2*1H;/q;;;;+2/p-2. The number of hydrogen-bond donors (Lipinski definition) is 0. The van der Waals surface area contributed by atoms with Crippen molar-refractivity contribution < 1.29 is 48.0 Å². The number of halogens is 2. The van der Waals surface area contributed by atoms with Crippen LogP contribution in [0.4, 0.5) is 0 Å². The second-order valence-electron chi connectivity index (χ2n) is 8.87. The summed E-state index contributed by atoms with van der Waals surface area (Å²) in [5.41, 5.74) is 12.9. The molecule has 0 radical (unpaired) electrons. The van der Waals surface area contributed by atoms with E-state index in [-0.39, 0.29) is 24.8 Å². The van der Waals surface area contributed by atoms with E-state index in [0.717, 1.165) is 0 Å². The molecule has 0 nitrogen and oxygen atoms in total. The second-order valence-corrected chi connectivity index (χ2v) is 12.6. The van der Waals surface area contributed by atoms with Gasteiger partial charge < -0.3 is 24.8 Å². The van der Waals surface area contributed by atoms with Crippen molar-refractivity contribution in [1.82, 2.24) is 0 Å². The van der Waals surface area contributed by atoms with E-state index >= 15 is 0 Å². The van der Waals surface area contributed by atoms with Crippen molar-refractivity contribution in [2.45, 2.75) is 64.2 Å². The molecule has 0 aromatic heterocycles. The zero-order chi connectivity index (χ0) is 17.8. The minimum Gasteiger partial charge on any atom is -1.00 e. The molecule has 0 N–H and O–H groups in total. The van der Waals surface area contributed by atoms with E-state index < -0.39 is 23.2 Å². The van der Waals surface area contributed by atoms with Crippen LogP contribution in [-0.2, 0) is 61.8 Å². The summed E-state index contributed by atoms with van der Waals surface area (Å²) in [5, 5.41) is 0. The molecule has 148 valence electrons. The van der Waals surface area contributed by atoms with Gasteiger partial charge in [-0.25, -0.2) is 0 Å². The first-order chi connectivity index (χ1) is 13.3. The summed E-state index contributed by atoms with van der Waals surface area (Å²) in [6.07, 6.45) is 18.4. The summed E-state index contributed by atoms with van der Waals surface area (Å²) in [6.45, 7) is 0. The number of allylic oxidation sites excluding steroid dienone is 2. The molecule has 0 amide bonds. The molecule has 0 heterocycles. The molecule has 2 aromatic carbocycles. The van der Waals surface area contributed by atoms with Gasteiger partial charge in [0.1, 0.15) is 0 Å². The van der Waals surface area contributed by atoms with Gasteiger partial charge >= 0.3 is 175 Å². The molecule has 29 heavy (non-hydrogen) atoms. The van der Waals surface area contributed by atoms with Crippen LogP contribution in [0.1, 0.15) is 70.2 Å². The Balaban J connectivity index is 0.00000102. The molecule has 2 aromatic rings. The maximum absolute atomic E-state index is 2.57. The molecule has 0 fully saturated rings. The van der Waals surface area contributed by atoms with Gasteiger partial charge in [-0.05, 0) is 0 Å². The van der Waals surface area contributed by atoms with Gasteiger partial charge in [-0.1, -0.05) is 0 Å². The molecule has 6 rings (SSSR count). The predicted molar refractivity (Wildman–Crippen MR) is 110 cm³/mol. The summed E-state index contributed by atoms with van der Waals surface area (Å²) < 4.78 is 3.58. The Kier molecular flexibility index (Phi) is 6.60. The second kappa shape index (κ2) is 8.86. The Hall–Kier alpha value is -0.617. The molecule has 4 aliphatic carbocycles. The maximum Gasteiger partial charge on any atom is -1.00 e. The molecule has 4 aliphatic rings. The largest absolute Gasteiger partial charge is 1.00 e. The minimum absolute atomic E-state index is 0. The smallest absolute Gasteiger partial charge is 1.00 e. The van der Waals surface area contributed by atoms with Gasteiger partial charge in [0.25, 0.3) is 0 Å². The van der Waals surface area contributed by atoms with Crippen molar-refractivity contribution >= 4 is 12.2 Å². The van der Waals surface area contributed by atoms with Gasteiger partial charge in [0, 0.05) is 0 Å². The van der Waals surface area contributed by atoms with Crippen molar-refractivity contribution in [3.8, 4) is 0 Å². The fourth-order valence-electron chi connectivity index (χ4n) is 5.54. The van der Waals surface area contributed by atoms with Crippen molar-refractivity contribution in [2.24, 2.45) is 0 Å².